The molecule has 1 aromatic rings. The Hall–Kier alpha value is -0.240. The predicted octanol–water partition coefficient (Wildman–Crippen LogP) is 2.85. The van der Waals surface area contributed by atoms with Gasteiger partial charge in [0.05, 0.1) is 0 Å². The highest BCUT2D eigenvalue weighted by atomic mass is 35.5. The molecule has 0 amide bonds. The van der Waals surface area contributed by atoms with Gasteiger partial charge in [0.2, 0.25) is 0 Å². The van der Waals surface area contributed by atoms with Crippen molar-refractivity contribution in [3.63, 3.8) is 0 Å². The average molecular weight is 228 g/mol. The lowest BCUT2D eigenvalue weighted by Gasteiger charge is -2.12. The summed E-state index contributed by atoms with van der Waals surface area (Å²) >= 11 is 12.0. The minimum Gasteiger partial charge on any atom is -0.316 e. The van der Waals surface area contributed by atoms with Crippen molar-refractivity contribution in [2.45, 2.75) is 11.8 Å². The van der Waals surface area contributed by atoms with Crippen molar-refractivity contribution < 1.29 is 0 Å². The number of benzene rings is 1. The molecular formula is C11H11Cl2N. The second-order valence-corrected chi connectivity index (χ2v) is 5.22. The second kappa shape index (κ2) is 2.88. The Balaban J connectivity index is 2.04. The third-order valence-electron chi connectivity index (χ3n) is 3.50. The fraction of sp³-hybridized carbons (Fsp3) is 0.455. The van der Waals surface area contributed by atoms with Gasteiger partial charge in [0, 0.05) is 22.0 Å². The van der Waals surface area contributed by atoms with Crippen molar-refractivity contribution >= 4 is 23.2 Å². The van der Waals surface area contributed by atoms with E-state index in [-0.39, 0.29) is 0 Å². The second-order valence-electron chi connectivity index (χ2n) is 4.35. The van der Waals surface area contributed by atoms with E-state index < -0.39 is 0 Å². The molecule has 2 atom stereocenters. The van der Waals surface area contributed by atoms with Gasteiger partial charge < -0.3 is 5.32 Å². The van der Waals surface area contributed by atoms with Crippen molar-refractivity contribution in [1.29, 1.82) is 0 Å². The zero-order valence-electron chi connectivity index (χ0n) is 7.69. The number of halogens is 2. The van der Waals surface area contributed by atoms with Crippen molar-refractivity contribution in [2.24, 2.45) is 5.92 Å². The van der Waals surface area contributed by atoms with E-state index in [2.05, 4.69) is 17.4 Å². The molecule has 74 valence electrons. The van der Waals surface area contributed by atoms with E-state index in [1.807, 2.05) is 0 Å². The lowest BCUT2D eigenvalue weighted by molar-refractivity contribution is 0.676. The maximum absolute atomic E-state index is 6.00. The quantitative estimate of drug-likeness (QED) is 0.779. The highest BCUT2D eigenvalue weighted by molar-refractivity contribution is 6.34. The van der Waals surface area contributed by atoms with Crippen molar-refractivity contribution in [2.75, 3.05) is 13.1 Å². The van der Waals surface area contributed by atoms with Crippen LogP contribution in [0.25, 0.3) is 0 Å². The SMILES string of the molecule is Clc1cc(Cl)cc(C23CNCC2C3)c1. The van der Waals surface area contributed by atoms with Gasteiger partial charge in [0.1, 0.15) is 0 Å². The summed E-state index contributed by atoms with van der Waals surface area (Å²) in [6.45, 7) is 2.22. The highest BCUT2D eigenvalue weighted by Crippen LogP contribution is 2.56. The van der Waals surface area contributed by atoms with Crippen LogP contribution in [-0.2, 0) is 5.41 Å². The largest absolute Gasteiger partial charge is 0.316 e. The molecule has 0 bridgehead atoms. The Morgan fingerprint density at radius 3 is 2.43 bits per heavy atom. The van der Waals surface area contributed by atoms with Crippen LogP contribution in [0.5, 0.6) is 0 Å². The fourth-order valence-electron chi connectivity index (χ4n) is 2.63. The first kappa shape index (κ1) is 9.02. The summed E-state index contributed by atoms with van der Waals surface area (Å²) in [7, 11) is 0. The topological polar surface area (TPSA) is 12.0 Å². The summed E-state index contributed by atoms with van der Waals surface area (Å²) in [5, 5.41) is 4.91. The fourth-order valence-corrected chi connectivity index (χ4v) is 3.16. The number of hydrogen-bond donors (Lipinski definition) is 1. The maximum atomic E-state index is 6.00. The highest BCUT2D eigenvalue weighted by Gasteiger charge is 2.58. The summed E-state index contributed by atoms with van der Waals surface area (Å²) in [5.74, 6) is 0.803. The van der Waals surface area contributed by atoms with Gasteiger partial charge in [-0.05, 0) is 42.6 Å². The molecule has 0 aromatic heterocycles. The molecule has 2 unspecified atom stereocenters. The summed E-state index contributed by atoms with van der Waals surface area (Å²) < 4.78 is 0. The standard InChI is InChI=1S/C11H11Cl2N/c12-9-1-7(2-10(13)3-9)11-4-8(11)5-14-6-11/h1-3,8,14H,4-6H2. The van der Waals surface area contributed by atoms with Crippen LogP contribution in [0.1, 0.15) is 12.0 Å². The van der Waals surface area contributed by atoms with Crippen LogP contribution >= 0.6 is 23.2 Å². The first-order valence-corrected chi connectivity index (χ1v) is 5.64. The molecule has 14 heavy (non-hydrogen) atoms. The lowest BCUT2D eigenvalue weighted by Crippen LogP contribution is -2.19. The Kier molecular flexibility index (Phi) is 1.85. The molecule has 1 aliphatic heterocycles. The van der Waals surface area contributed by atoms with Gasteiger partial charge in [-0.1, -0.05) is 23.2 Å². The van der Waals surface area contributed by atoms with E-state index >= 15 is 0 Å². The van der Waals surface area contributed by atoms with Crippen molar-refractivity contribution in [3.8, 4) is 0 Å². The van der Waals surface area contributed by atoms with Gasteiger partial charge in [-0.15, -0.1) is 0 Å². The molecule has 1 N–H and O–H groups in total. The van der Waals surface area contributed by atoms with E-state index in [0.29, 0.717) is 5.41 Å². The van der Waals surface area contributed by atoms with E-state index in [1.54, 1.807) is 6.07 Å². The molecule has 2 fully saturated rings. The van der Waals surface area contributed by atoms with Gasteiger partial charge >= 0.3 is 0 Å². The summed E-state index contributed by atoms with van der Waals surface area (Å²) in [5.41, 5.74) is 1.67. The molecule has 1 aliphatic carbocycles. The van der Waals surface area contributed by atoms with Gasteiger partial charge in [0.25, 0.3) is 0 Å². The van der Waals surface area contributed by atoms with Gasteiger partial charge in [-0.25, -0.2) is 0 Å². The van der Waals surface area contributed by atoms with Crippen LogP contribution in [0.3, 0.4) is 0 Å². The third-order valence-corrected chi connectivity index (χ3v) is 3.94. The summed E-state index contributed by atoms with van der Waals surface area (Å²) in [4.78, 5) is 0. The zero-order valence-corrected chi connectivity index (χ0v) is 9.20. The van der Waals surface area contributed by atoms with E-state index in [0.717, 1.165) is 29.1 Å². The van der Waals surface area contributed by atoms with Crippen LogP contribution in [0.15, 0.2) is 18.2 Å². The zero-order chi connectivity index (χ0) is 9.76. The number of piperidine rings is 1. The van der Waals surface area contributed by atoms with Crippen LogP contribution in [0, 0.1) is 5.92 Å². The van der Waals surface area contributed by atoms with E-state index in [4.69, 9.17) is 23.2 Å². The smallest absolute Gasteiger partial charge is 0.0423 e. The molecule has 1 aromatic carbocycles. The maximum Gasteiger partial charge on any atom is 0.0423 e. The van der Waals surface area contributed by atoms with Crippen molar-refractivity contribution in [3.05, 3.63) is 33.8 Å². The Labute approximate surface area is 93.4 Å². The number of nitrogens with one attached hydrogen (secondary N) is 1. The predicted molar refractivity (Wildman–Crippen MR) is 59.1 cm³/mol. The first-order chi connectivity index (χ1) is 6.71. The summed E-state index contributed by atoms with van der Waals surface area (Å²) in [6.07, 6.45) is 1.29. The molecule has 1 nitrogen and oxygen atoms in total. The van der Waals surface area contributed by atoms with Crippen LogP contribution in [-0.4, -0.2) is 13.1 Å². The van der Waals surface area contributed by atoms with Crippen LogP contribution in [0.4, 0.5) is 0 Å². The minimum absolute atomic E-state index is 0.356. The van der Waals surface area contributed by atoms with Gasteiger partial charge in [-0.3, -0.25) is 0 Å². The molecule has 0 spiro atoms. The molecule has 1 saturated heterocycles. The van der Waals surface area contributed by atoms with Crippen LogP contribution < -0.4 is 5.32 Å². The van der Waals surface area contributed by atoms with Crippen LogP contribution in [0.2, 0.25) is 10.0 Å². The monoisotopic (exact) mass is 227 g/mol. The molecule has 3 rings (SSSR count). The normalized spacial score (nSPS) is 34.3. The molecule has 3 heteroatoms. The number of fused-ring (bicyclic) bond motifs is 1. The summed E-state index contributed by atoms with van der Waals surface area (Å²) in [6, 6.07) is 5.91. The van der Waals surface area contributed by atoms with Crippen molar-refractivity contribution in [1.82, 2.24) is 5.32 Å². The molecular weight excluding hydrogens is 217 g/mol. The Morgan fingerprint density at radius 1 is 1.21 bits per heavy atom. The molecule has 2 aliphatic rings. The van der Waals surface area contributed by atoms with Gasteiger partial charge in [0.15, 0.2) is 0 Å². The Bertz CT molecular complexity index is 371. The van der Waals surface area contributed by atoms with E-state index in [9.17, 15) is 0 Å². The molecule has 0 radical (unpaired) electrons. The van der Waals surface area contributed by atoms with Gasteiger partial charge in [-0.2, -0.15) is 0 Å². The third kappa shape index (κ3) is 1.19. The first-order valence-electron chi connectivity index (χ1n) is 4.88. The number of hydrogen-bond acceptors (Lipinski definition) is 1. The van der Waals surface area contributed by atoms with E-state index in [1.165, 1.54) is 12.0 Å². The minimum atomic E-state index is 0.356. The molecule has 1 saturated carbocycles. The molecule has 1 heterocycles. The Morgan fingerprint density at radius 2 is 1.93 bits per heavy atom. The average Bonchev–Trinajstić information content (AvgIpc) is 2.69. The number of rotatable bonds is 1. The lowest BCUT2D eigenvalue weighted by atomic mass is 9.95.